The third-order valence-electron chi connectivity index (χ3n) is 8.95. The molecule has 0 heterocycles. The van der Waals surface area contributed by atoms with Crippen molar-refractivity contribution < 1.29 is 0 Å². The van der Waals surface area contributed by atoms with Crippen molar-refractivity contribution in [3.8, 4) is 0 Å². The number of hydrogen-bond donors (Lipinski definition) is 1. The lowest BCUT2D eigenvalue weighted by Crippen LogP contribution is -2.25. The summed E-state index contributed by atoms with van der Waals surface area (Å²) in [6.45, 7) is 2.31. The molecule has 0 bridgehead atoms. The van der Waals surface area contributed by atoms with Crippen molar-refractivity contribution in [2.24, 2.45) is 17.8 Å². The summed E-state index contributed by atoms with van der Waals surface area (Å²) in [6.07, 6.45) is 21.4. The van der Waals surface area contributed by atoms with Gasteiger partial charge in [0.05, 0.1) is 0 Å². The van der Waals surface area contributed by atoms with Crippen LogP contribution in [0.4, 0.5) is 5.69 Å². The zero-order valence-corrected chi connectivity index (χ0v) is 21.1. The Morgan fingerprint density at radius 1 is 0.697 bits per heavy atom. The highest BCUT2D eigenvalue weighted by Gasteiger charge is 2.31. The maximum atomic E-state index is 6.13. The zero-order valence-electron chi connectivity index (χ0n) is 21.1. The van der Waals surface area contributed by atoms with Crippen LogP contribution in [0.3, 0.4) is 0 Å². The highest BCUT2D eigenvalue weighted by Crippen LogP contribution is 2.44. The van der Waals surface area contributed by atoms with E-state index in [0.29, 0.717) is 0 Å². The lowest BCUT2D eigenvalue weighted by atomic mass is 9.68. The van der Waals surface area contributed by atoms with Gasteiger partial charge >= 0.3 is 0 Å². The Kier molecular flexibility index (Phi) is 9.33. The average Bonchev–Trinajstić information content (AvgIpc) is 2.86. The van der Waals surface area contributed by atoms with Crippen molar-refractivity contribution in [1.29, 1.82) is 0 Å². The summed E-state index contributed by atoms with van der Waals surface area (Å²) < 4.78 is 0. The first-order valence-electron chi connectivity index (χ1n) is 14.1. The van der Waals surface area contributed by atoms with E-state index >= 15 is 0 Å². The van der Waals surface area contributed by atoms with E-state index in [0.717, 1.165) is 35.8 Å². The minimum Gasteiger partial charge on any atom is -0.398 e. The van der Waals surface area contributed by atoms with Gasteiger partial charge in [0.25, 0.3) is 0 Å². The molecule has 0 amide bonds. The summed E-state index contributed by atoms with van der Waals surface area (Å²) in [5.74, 6) is 3.86. The average molecular weight is 446 g/mol. The highest BCUT2D eigenvalue weighted by atomic mass is 14.6. The number of unbranched alkanes of at least 4 members (excludes halogenated alkanes) is 4. The fourth-order valence-corrected chi connectivity index (χ4v) is 6.73. The molecule has 0 unspecified atom stereocenters. The van der Waals surface area contributed by atoms with Crippen LogP contribution >= 0.6 is 0 Å². The molecule has 2 fully saturated rings. The van der Waals surface area contributed by atoms with E-state index in [1.54, 1.807) is 5.56 Å². The van der Waals surface area contributed by atoms with Crippen LogP contribution in [0.25, 0.3) is 0 Å². The molecule has 2 aromatic carbocycles. The molecule has 2 N–H and O–H groups in total. The molecule has 1 nitrogen and oxygen atoms in total. The van der Waals surface area contributed by atoms with Gasteiger partial charge in [-0.2, -0.15) is 0 Å². The molecule has 1 heteroatoms. The Morgan fingerprint density at radius 3 is 2.00 bits per heavy atom. The molecule has 33 heavy (non-hydrogen) atoms. The van der Waals surface area contributed by atoms with Gasteiger partial charge in [0.15, 0.2) is 0 Å². The molecule has 0 aliphatic heterocycles. The highest BCUT2D eigenvalue weighted by molar-refractivity contribution is 5.48. The number of rotatable bonds is 10. The number of para-hydroxylation sites is 1. The van der Waals surface area contributed by atoms with E-state index in [4.69, 9.17) is 5.73 Å². The van der Waals surface area contributed by atoms with Crippen LogP contribution in [0.1, 0.15) is 119 Å². The lowest BCUT2D eigenvalue weighted by Gasteiger charge is -2.38. The molecule has 2 aromatic rings. The monoisotopic (exact) mass is 445 g/mol. The van der Waals surface area contributed by atoms with E-state index < -0.39 is 0 Å². The van der Waals surface area contributed by atoms with E-state index in [1.165, 1.54) is 101 Å². The maximum absolute atomic E-state index is 6.13. The minimum atomic E-state index is 0.775. The van der Waals surface area contributed by atoms with E-state index in [2.05, 4.69) is 43.3 Å². The van der Waals surface area contributed by atoms with E-state index in [9.17, 15) is 0 Å². The third-order valence-corrected chi connectivity index (χ3v) is 8.95. The largest absolute Gasteiger partial charge is 0.398 e. The van der Waals surface area contributed by atoms with Crippen LogP contribution in [-0.2, 0) is 6.42 Å². The van der Waals surface area contributed by atoms with Crippen LogP contribution in [0.15, 0.2) is 48.5 Å². The molecule has 2 saturated carbocycles. The zero-order chi connectivity index (χ0) is 22.9. The van der Waals surface area contributed by atoms with Gasteiger partial charge in [-0.1, -0.05) is 101 Å². The second-order valence-electron chi connectivity index (χ2n) is 11.2. The first-order valence-corrected chi connectivity index (χ1v) is 14.1. The topological polar surface area (TPSA) is 26.0 Å². The fourth-order valence-electron chi connectivity index (χ4n) is 6.73. The molecular formula is C32H47N. The fraction of sp³-hybridized carbons (Fsp3) is 0.625. The Hall–Kier alpha value is -1.76. The van der Waals surface area contributed by atoms with Crippen molar-refractivity contribution in [3.63, 3.8) is 0 Å². The van der Waals surface area contributed by atoms with Gasteiger partial charge in [-0.25, -0.2) is 0 Å². The van der Waals surface area contributed by atoms with Crippen molar-refractivity contribution in [1.82, 2.24) is 0 Å². The van der Waals surface area contributed by atoms with Gasteiger partial charge in [-0.15, -0.1) is 0 Å². The van der Waals surface area contributed by atoms with Crippen molar-refractivity contribution >= 4 is 5.69 Å². The molecule has 0 atom stereocenters. The van der Waals surface area contributed by atoms with Crippen molar-refractivity contribution in [2.75, 3.05) is 5.73 Å². The molecule has 180 valence electrons. The van der Waals surface area contributed by atoms with Crippen molar-refractivity contribution in [2.45, 2.75) is 109 Å². The quantitative estimate of drug-likeness (QED) is 0.286. The standard InChI is InChI=1S/C32H47N/c1-2-3-4-5-6-9-25-12-16-27(17-13-25)29-20-22-30(23-21-29)28-18-14-26(15-19-28)24-31-10-7-8-11-32(31)33/h7-8,10-11,14-15,18-19,25,27,29-30H,2-6,9,12-13,16-17,20-24,33H2,1H3. The summed E-state index contributed by atoms with van der Waals surface area (Å²) in [7, 11) is 0. The predicted molar refractivity (Wildman–Crippen MR) is 144 cm³/mol. The molecular weight excluding hydrogens is 398 g/mol. The van der Waals surface area contributed by atoms with Crippen molar-refractivity contribution in [3.05, 3.63) is 65.2 Å². The molecule has 4 rings (SSSR count). The van der Waals surface area contributed by atoms with Gasteiger partial charge in [0, 0.05) is 5.69 Å². The Labute approximate surface area is 203 Å². The molecule has 0 radical (unpaired) electrons. The molecule has 0 aromatic heterocycles. The first kappa shape index (κ1) is 24.4. The van der Waals surface area contributed by atoms with Gasteiger partial charge in [0.2, 0.25) is 0 Å². The number of anilines is 1. The molecule has 0 saturated heterocycles. The van der Waals surface area contributed by atoms with Gasteiger partial charge < -0.3 is 5.73 Å². The smallest absolute Gasteiger partial charge is 0.0349 e. The second kappa shape index (κ2) is 12.6. The van der Waals surface area contributed by atoms with Crippen LogP contribution in [0, 0.1) is 17.8 Å². The van der Waals surface area contributed by atoms with Crippen LogP contribution in [-0.4, -0.2) is 0 Å². The van der Waals surface area contributed by atoms with Gasteiger partial charge in [-0.05, 0) is 91.4 Å². The minimum absolute atomic E-state index is 0.775. The molecule has 0 spiro atoms. The summed E-state index contributed by atoms with van der Waals surface area (Å²) in [5, 5.41) is 0. The molecule has 2 aliphatic rings. The summed E-state index contributed by atoms with van der Waals surface area (Å²) in [6, 6.07) is 17.7. The Morgan fingerprint density at radius 2 is 1.33 bits per heavy atom. The number of nitrogens with two attached hydrogens (primary N) is 1. The number of hydrogen-bond acceptors (Lipinski definition) is 1. The van der Waals surface area contributed by atoms with Crippen LogP contribution in [0.5, 0.6) is 0 Å². The number of nitrogen functional groups attached to an aromatic ring is 1. The lowest BCUT2D eigenvalue weighted by molar-refractivity contribution is 0.155. The van der Waals surface area contributed by atoms with Crippen LogP contribution < -0.4 is 5.73 Å². The third kappa shape index (κ3) is 7.11. The van der Waals surface area contributed by atoms with E-state index in [-0.39, 0.29) is 0 Å². The van der Waals surface area contributed by atoms with Gasteiger partial charge in [-0.3, -0.25) is 0 Å². The normalized spacial score (nSPS) is 25.7. The SMILES string of the molecule is CCCCCCCC1CCC(C2CCC(c3ccc(Cc4ccccc4N)cc3)CC2)CC1. The summed E-state index contributed by atoms with van der Waals surface area (Å²) in [4.78, 5) is 0. The summed E-state index contributed by atoms with van der Waals surface area (Å²) >= 11 is 0. The van der Waals surface area contributed by atoms with E-state index in [1.807, 2.05) is 12.1 Å². The number of benzene rings is 2. The predicted octanol–water partition coefficient (Wildman–Crippen LogP) is 9.30. The second-order valence-corrected chi connectivity index (χ2v) is 11.2. The van der Waals surface area contributed by atoms with Crippen LogP contribution in [0.2, 0.25) is 0 Å². The van der Waals surface area contributed by atoms with Gasteiger partial charge in [0.1, 0.15) is 0 Å². The Balaban J connectivity index is 1.18. The maximum Gasteiger partial charge on any atom is 0.0349 e. The Bertz CT molecular complexity index is 807. The molecule has 2 aliphatic carbocycles. The first-order chi connectivity index (χ1) is 16.2. The summed E-state index contributed by atoms with van der Waals surface area (Å²) in [5.41, 5.74) is 11.2.